The van der Waals surface area contributed by atoms with Crippen molar-refractivity contribution in [1.29, 1.82) is 0 Å². The van der Waals surface area contributed by atoms with E-state index in [1.54, 1.807) is 10.4 Å². The largest absolute Gasteiger partial charge is 0.376 e. The zero-order chi connectivity index (χ0) is 14.5. The molecule has 2 aliphatic heterocycles. The molecule has 8 heteroatoms. The van der Waals surface area contributed by atoms with Crippen molar-refractivity contribution in [1.82, 2.24) is 15.1 Å². The van der Waals surface area contributed by atoms with Crippen molar-refractivity contribution in [2.45, 2.75) is 37.9 Å². The van der Waals surface area contributed by atoms with Crippen LogP contribution in [-0.4, -0.2) is 59.6 Å². The summed E-state index contributed by atoms with van der Waals surface area (Å²) in [6.45, 7) is 2.78. The summed E-state index contributed by atoms with van der Waals surface area (Å²) >= 11 is 1.31. The van der Waals surface area contributed by atoms with Gasteiger partial charge < -0.3 is 14.4 Å². The molecule has 2 fully saturated rings. The van der Waals surface area contributed by atoms with Gasteiger partial charge in [-0.3, -0.25) is 5.32 Å². The van der Waals surface area contributed by atoms with Crippen LogP contribution in [0.15, 0.2) is 5.51 Å². The number of aromatic nitrogens is 2. The standard InChI is InChI=1S/C13H20N4O3S/c18-13(15-12-16-14-9-21-12)17(7-10-3-1-5-19-10)8-11-4-2-6-20-11/h9-11H,1-8H2,(H,15,16,18). The molecule has 116 valence electrons. The number of anilines is 1. The molecule has 0 bridgehead atoms. The third kappa shape index (κ3) is 4.12. The minimum absolute atomic E-state index is 0.131. The molecule has 0 aromatic carbocycles. The van der Waals surface area contributed by atoms with Gasteiger partial charge in [0.2, 0.25) is 5.13 Å². The molecule has 3 rings (SSSR count). The fourth-order valence-corrected chi connectivity index (χ4v) is 3.14. The summed E-state index contributed by atoms with van der Waals surface area (Å²) in [5.41, 5.74) is 1.60. The van der Waals surface area contributed by atoms with Crippen LogP contribution >= 0.6 is 11.3 Å². The maximum atomic E-state index is 12.4. The number of ether oxygens (including phenoxy) is 2. The number of carbonyl (C=O) groups excluding carboxylic acids is 1. The first-order valence-corrected chi connectivity index (χ1v) is 8.24. The maximum absolute atomic E-state index is 12.4. The Morgan fingerprint density at radius 3 is 2.43 bits per heavy atom. The molecular formula is C13H20N4O3S. The number of rotatable bonds is 5. The molecule has 2 unspecified atom stereocenters. The highest BCUT2D eigenvalue weighted by Crippen LogP contribution is 2.18. The van der Waals surface area contributed by atoms with Crippen molar-refractivity contribution in [3.8, 4) is 0 Å². The topological polar surface area (TPSA) is 76.6 Å². The monoisotopic (exact) mass is 312 g/mol. The molecule has 2 saturated heterocycles. The zero-order valence-electron chi connectivity index (χ0n) is 11.9. The highest BCUT2D eigenvalue weighted by atomic mass is 32.1. The van der Waals surface area contributed by atoms with Crippen LogP contribution in [-0.2, 0) is 9.47 Å². The number of hydrogen-bond acceptors (Lipinski definition) is 6. The lowest BCUT2D eigenvalue weighted by molar-refractivity contribution is 0.0524. The Hall–Kier alpha value is -1.25. The molecule has 2 atom stereocenters. The molecule has 2 aliphatic rings. The van der Waals surface area contributed by atoms with Crippen LogP contribution in [0, 0.1) is 0 Å². The Morgan fingerprint density at radius 2 is 1.95 bits per heavy atom. The smallest absolute Gasteiger partial charge is 0.323 e. The molecule has 21 heavy (non-hydrogen) atoms. The quantitative estimate of drug-likeness (QED) is 0.896. The summed E-state index contributed by atoms with van der Waals surface area (Å²) in [7, 11) is 0. The van der Waals surface area contributed by atoms with E-state index in [1.165, 1.54) is 11.3 Å². The van der Waals surface area contributed by atoms with Crippen LogP contribution < -0.4 is 5.32 Å². The van der Waals surface area contributed by atoms with E-state index in [0.717, 1.165) is 38.9 Å². The number of nitrogens with one attached hydrogen (secondary N) is 1. The van der Waals surface area contributed by atoms with E-state index in [2.05, 4.69) is 15.5 Å². The van der Waals surface area contributed by atoms with E-state index in [4.69, 9.17) is 9.47 Å². The molecule has 3 heterocycles. The molecule has 1 aromatic rings. The minimum atomic E-state index is -0.155. The van der Waals surface area contributed by atoms with E-state index < -0.39 is 0 Å². The summed E-state index contributed by atoms with van der Waals surface area (Å²) in [5, 5.41) is 10.9. The molecule has 2 amide bonds. The lowest BCUT2D eigenvalue weighted by Crippen LogP contribution is -2.44. The highest BCUT2D eigenvalue weighted by Gasteiger charge is 2.27. The second-order valence-corrected chi connectivity index (χ2v) is 6.18. The van der Waals surface area contributed by atoms with Crippen LogP contribution in [0.4, 0.5) is 9.93 Å². The maximum Gasteiger partial charge on any atom is 0.323 e. The Morgan fingerprint density at radius 1 is 1.29 bits per heavy atom. The predicted octanol–water partition coefficient (Wildman–Crippen LogP) is 1.73. The summed E-state index contributed by atoms with van der Waals surface area (Å²) in [6, 6.07) is -0.155. The number of hydrogen-bond donors (Lipinski definition) is 1. The van der Waals surface area contributed by atoms with Gasteiger partial charge in [-0.2, -0.15) is 0 Å². The average Bonchev–Trinajstić information content (AvgIpc) is 3.21. The van der Waals surface area contributed by atoms with Gasteiger partial charge in [-0.1, -0.05) is 11.3 Å². The summed E-state index contributed by atoms with van der Waals surface area (Å²) < 4.78 is 11.3. The molecule has 0 radical (unpaired) electrons. The first-order chi connectivity index (χ1) is 10.3. The van der Waals surface area contributed by atoms with Crippen molar-refractivity contribution in [2.75, 3.05) is 31.6 Å². The van der Waals surface area contributed by atoms with Crippen molar-refractivity contribution in [3.63, 3.8) is 0 Å². The number of urea groups is 1. The fourth-order valence-electron chi connectivity index (χ4n) is 2.71. The first kappa shape index (κ1) is 14.7. The van der Waals surface area contributed by atoms with Crippen molar-refractivity contribution >= 4 is 22.5 Å². The average molecular weight is 312 g/mol. The molecular weight excluding hydrogens is 292 g/mol. The molecule has 1 N–H and O–H groups in total. The van der Waals surface area contributed by atoms with Crippen LogP contribution in [0.2, 0.25) is 0 Å². The second kappa shape index (κ2) is 7.15. The van der Waals surface area contributed by atoms with Crippen LogP contribution in [0.3, 0.4) is 0 Å². The number of amides is 2. The minimum Gasteiger partial charge on any atom is -0.376 e. The van der Waals surface area contributed by atoms with Gasteiger partial charge in [0.15, 0.2) is 0 Å². The molecule has 0 saturated carbocycles. The lowest BCUT2D eigenvalue weighted by atomic mass is 10.2. The van der Waals surface area contributed by atoms with Crippen molar-refractivity contribution in [2.24, 2.45) is 0 Å². The summed E-state index contributed by atoms with van der Waals surface area (Å²) in [4.78, 5) is 14.2. The van der Waals surface area contributed by atoms with E-state index in [1.807, 2.05) is 0 Å². The van der Waals surface area contributed by atoms with Gasteiger partial charge in [0.05, 0.1) is 12.2 Å². The fraction of sp³-hybridized carbons (Fsp3) is 0.769. The molecule has 0 aliphatic carbocycles. The molecule has 0 spiro atoms. The normalized spacial score (nSPS) is 25.1. The van der Waals surface area contributed by atoms with Crippen LogP contribution in [0.1, 0.15) is 25.7 Å². The summed E-state index contributed by atoms with van der Waals surface area (Å²) in [5.74, 6) is 0. The SMILES string of the molecule is O=C(Nc1nncs1)N(CC1CCCO1)CC1CCCO1. The molecule has 7 nitrogen and oxygen atoms in total. The van der Waals surface area contributed by atoms with Gasteiger partial charge in [0, 0.05) is 26.3 Å². The van der Waals surface area contributed by atoms with E-state index in [-0.39, 0.29) is 18.2 Å². The van der Waals surface area contributed by atoms with Crippen molar-refractivity contribution in [3.05, 3.63) is 5.51 Å². The van der Waals surface area contributed by atoms with Crippen LogP contribution in [0.5, 0.6) is 0 Å². The van der Waals surface area contributed by atoms with E-state index >= 15 is 0 Å². The predicted molar refractivity (Wildman–Crippen MR) is 78.4 cm³/mol. The highest BCUT2D eigenvalue weighted by molar-refractivity contribution is 7.13. The summed E-state index contributed by atoms with van der Waals surface area (Å²) in [6.07, 6.45) is 4.41. The van der Waals surface area contributed by atoms with Gasteiger partial charge in [-0.15, -0.1) is 10.2 Å². The van der Waals surface area contributed by atoms with Gasteiger partial charge in [0.25, 0.3) is 0 Å². The first-order valence-electron chi connectivity index (χ1n) is 7.36. The third-order valence-corrected chi connectivity index (χ3v) is 4.36. The zero-order valence-corrected chi connectivity index (χ0v) is 12.7. The lowest BCUT2D eigenvalue weighted by Gasteiger charge is -2.27. The second-order valence-electron chi connectivity index (χ2n) is 5.35. The number of nitrogens with zero attached hydrogens (tertiary/aromatic N) is 3. The Labute approximate surface area is 127 Å². The van der Waals surface area contributed by atoms with Gasteiger partial charge >= 0.3 is 6.03 Å². The van der Waals surface area contributed by atoms with Gasteiger partial charge in [-0.05, 0) is 25.7 Å². The van der Waals surface area contributed by atoms with Gasteiger partial charge in [0.1, 0.15) is 5.51 Å². The Balaban J connectivity index is 1.59. The Bertz CT molecular complexity index is 426. The van der Waals surface area contributed by atoms with Crippen molar-refractivity contribution < 1.29 is 14.3 Å². The van der Waals surface area contributed by atoms with E-state index in [9.17, 15) is 4.79 Å². The number of carbonyl (C=O) groups is 1. The Kier molecular flexibility index (Phi) is 5.00. The van der Waals surface area contributed by atoms with Gasteiger partial charge in [-0.25, -0.2) is 4.79 Å². The van der Waals surface area contributed by atoms with E-state index in [0.29, 0.717) is 18.2 Å². The molecule has 1 aromatic heterocycles. The van der Waals surface area contributed by atoms with Crippen LogP contribution in [0.25, 0.3) is 0 Å². The third-order valence-electron chi connectivity index (χ3n) is 3.76.